The van der Waals surface area contributed by atoms with Crippen LogP contribution in [0, 0.1) is 0 Å². The number of urea groups is 1. The summed E-state index contributed by atoms with van der Waals surface area (Å²) in [6.45, 7) is -0.273. The lowest BCUT2D eigenvalue weighted by atomic mass is 9.92. The zero-order valence-electron chi connectivity index (χ0n) is 14.3. The largest absolute Gasteiger partial charge is 0.326 e. The molecule has 1 spiro atoms. The average molecular weight is 361 g/mol. The molecule has 1 atom stereocenters. The van der Waals surface area contributed by atoms with Crippen LogP contribution in [0.15, 0.2) is 53.3 Å². The number of hydrogen-bond acceptors (Lipinski definition) is 5. The molecule has 0 bridgehead atoms. The Morgan fingerprint density at radius 3 is 2.70 bits per heavy atom. The number of benzene rings is 2. The summed E-state index contributed by atoms with van der Waals surface area (Å²) in [5.41, 5.74) is 0.895. The summed E-state index contributed by atoms with van der Waals surface area (Å²) in [6.07, 6.45) is 1.22. The van der Waals surface area contributed by atoms with Gasteiger partial charge >= 0.3 is 6.03 Å². The number of aryl methyl sites for hydroxylation is 1. The van der Waals surface area contributed by atoms with E-state index < -0.39 is 17.1 Å². The molecular formula is C19H15N5O3. The van der Waals surface area contributed by atoms with E-state index in [0.717, 1.165) is 20.7 Å². The molecule has 5 rings (SSSR count). The number of carbonyl (C=O) groups is 2. The lowest BCUT2D eigenvalue weighted by Crippen LogP contribution is -2.42. The molecule has 1 aromatic heterocycles. The fourth-order valence-corrected chi connectivity index (χ4v) is 3.97. The van der Waals surface area contributed by atoms with Crippen molar-refractivity contribution < 1.29 is 9.59 Å². The van der Waals surface area contributed by atoms with Crippen LogP contribution in [0.25, 0.3) is 10.9 Å². The lowest BCUT2D eigenvalue weighted by Gasteiger charge is -2.22. The molecule has 134 valence electrons. The molecule has 1 saturated heterocycles. The van der Waals surface area contributed by atoms with Gasteiger partial charge in [-0.3, -0.25) is 9.59 Å². The van der Waals surface area contributed by atoms with Crippen molar-refractivity contribution in [3.05, 3.63) is 70.0 Å². The van der Waals surface area contributed by atoms with Gasteiger partial charge in [0, 0.05) is 0 Å². The Kier molecular flexibility index (Phi) is 3.18. The highest BCUT2D eigenvalue weighted by atomic mass is 16.2. The molecule has 1 fully saturated rings. The molecule has 8 heteroatoms. The van der Waals surface area contributed by atoms with Crippen molar-refractivity contribution in [1.29, 1.82) is 0 Å². The summed E-state index contributed by atoms with van der Waals surface area (Å²) in [5.74, 6) is -0.362. The fourth-order valence-electron chi connectivity index (χ4n) is 3.97. The molecule has 1 N–H and O–H groups in total. The van der Waals surface area contributed by atoms with Crippen molar-refractivity contribution in [2.75, 3.05) is 0 Å². The molecule has 0 radical (unpaired) electrons. The molecule has 3 amide bonds. The molecule has 3 aromatic rings. The van der Waals surface area contributed by atoms with Crippen molar-refractivity contribution >= 4 is 22.8 Å². The van der Waals surface area contributed by atoms with Gasteiger partial charge in [-0.25, -0.2) is 9.69 Å². The Hall–Kier alpha value is -3.55. The Labute approximate surface area is 153 Å². The maximum atomic E-state index is 13.2. The van der Waals surface area contributed by atoms with Crippen molar-refractivity contribution in [1.82, 2.24) is 25.2 Å². The van der Waals surface area contributed by atoms with E-state index in [1.54, 1.807) is 24.3 Å². The molecule has 1 aliphatic carbocycles. The summed E-state index contributed by atoms with van der Waals surface area (Å²) in [6, 6.07) is 13.9. The first-order valence-electron chi connectivity index (χ1n) is 8.65. The minimum absolute atomic E-state index is 0.273. The minimum atomic E-state index is -1.05. The highest BCUT2D eigenvalue weighted by molar-refractivity contribution is 6.07. The molecule has 2 aromatic carbocycles. The first-order chi connectivity index (χ1) is 13.1. The van der Waals surface area contributed by atoms with E-state index in [-0.39, 0.29) is 12.6 Å². The number of fused-ring (bicyclic) bond motifs is 3. The summed E-state index contributed by atoms with van der Waals surface area (Å²) in [4.78, 5) is 39.4. The number of imide groups is 1. The van der Waals surface area contributed by atoms with Crippen molar-refractivity contribution in [2.45, 2.75) is 25.0 Å². The van der Waals surface area contributed by atoms with Crippen LogP contribution in [0.5, 0.6) is 0 Å². The highest BCUT2D eigenvalue weighted by Gasteiger charge is 2.55. The Bertz CT molecular complexity index is 1170. The third-order valence-electron chi connectivity index (χ3n) is 5.33. The smallest absolute Gasteiger partial charge is 0.319 e. The maximum Gasteiger partial charge on any atom is 0.326 e. The summed E-state index contributed by atoms with van der Waals surface area (Å²) < 4.78 is 1.04. The van der Waals surface area contributed by atoms with Crippen LogP contribution in [0.3, 0.4) is 0 Å². The number of nitrogens with one attached hydrogen (secondary N) is 1. The van der Waals surface area contributed by atoms with Crippen LogP contribution < -0.4 is 10.9 Å². The van der Waals surface area contributed by atoms with Gasteiger partial charge < -0.3 is 5.32 Å². The van der Waals surface area contributed by atoms with Gasteiger partial charge in [0.1, 0.15) is 17.7 Å². The standard InChI is InChI=1S/C19H15N5O3/c25-16-13-6-2-4-8-15(13)21-22-24(16)11-23-17(26)19(20-18(23)27)10-9-12-5-1-3-7-14(12)19/h1-8H,9-11H2,(H,20,27). The third-order valence-corrected chi connectivity index (χ3v) is 5.33. The van der Waals surface area contributed by atoms with Crippen molar-refractivity contribution in [3.8, 4) is 0 Å². The molecule has 0 saturated carbocycles. The van der Waals surface area contributed by atoms with Crippen LogP contribution >= 0.6 is 0 Å². The molecular weight excluding hydrogens is 346 g/mol. The van der Waals surface area contributed by atoms with Crippen LogP contribution in [-0.4, -0.2) is 31.8 Å². The second kappa shape index (κ2) is 5.47. The van der Waals surface area contributed by atoms with E-state index in [0.29, 0.717) is 23.7 Å². The first-order valence-corrected chi connectivity index (χ1v) is 8.65. The highest BCUT2D eigenvalue weighted by Crippen LogP contribution is 2.41. The lowest BCUT2D eigenvalue weighted by molar-refractivity contribution is -0.132. The molecule has 27 heavy (non-hydrogen) atoms. The summed E-state index contributed by atoms with van der Waals surface area (Å²) in [5, 5.41) is 11.1. The van der Waals surface area contributed by atoms with E-state index in [1.807, 2.05) is 24.3 Å². The third kappa shape index (κ3) is 2.13. The average Bonchev–Trinajstić information content (AvgIpc) is 3.17. The molecule has 8 nitrogen and oxygen atoms in total. The molecule has 1 aliphatic heterocycles. The van der Waals surface area contributed by atoms with Crippen LogP contribution in [0.1, 0.15) is 17.5 Å². The number of rotatable bonds is 2. The van der Waals surface area contributed by atoms with Gasteiger partial charge in [0.05, 0.1) is 5.39 Å². The van der Waals surface area contributed by atoms with Crippen molar-refractivity contribution in [2.24, 2.45) is 0 Å². The minimum Gasteiger partial charge on any atom is -0.319 e. The SMILES string of the molecule is O=C1NC2(CCc3ccccc32)C(=O)N1Cn1nnc2ccccc2c1=O. The second-order valence-corrected chi connectivity index (χ2v) is 6.78. The summed E-state index contributed by atoms with van der Waals surface area (Å²) >= 11 is 0. The number of aromatic nitrogens is 3. The zero-order chi connectivity index (χ0) is 18.6. The number of nitrogens with zero attached hydrogens (tertiary/aromatic N) is 4. The van der Waals surface area contributed by atoms with Crippen LogP contribution in [0.4, 0.5) is 4.79 Å². The van der Waals surface area contributed by atoms with E-state index >= 15 is 0 Å². The number of amides is 3. The zero-order valence-corrected chi connectivity index (χ0v) is 14.3. The predicted molar refractivity (Wildman–Crippen MR) is 95.6 cm³/mol. The van der Waals surface area contributed by atoms with Gasteiger partial charge in [0.25, 0.3) is 11.5 Å². The van der Waals surface area contributed by atoms with E-state index in [2.05, 4.69) is 15.6 Å². The van der Waals surface area contributed by atoms with E-state index in [4.69, 9.17) is 0 Å². The van der Waals surface area contributed by atoms with Crippen molar-refractivity contribution in [3.63, 3.8) is 0 Å². The fraction of sp³-hybridized carbons (Fsp3) is 0.211. The Morgan fingerprint density at radius 1 is 1.04 bits per heavy atom. The van der Waals surface area contributed by atoms with E-state index in [9.17, 15) is 14.4 Å². The van der Waals surface area contributed by atoms with E-state index in [1.165, 1.54) is 0 Å². The van der Waals surface area contributed by atoms with Gasteiger partial charge in [-0.2, -0.15) is 4.68 Å². The second-order valence-electron chi connectivity index (χ2n) is 6.78. The Balaban J connectivity index is 1.53. The van der Waals surface area contributed by atoms with Gasteiger partial charge in [-0.1, -0.05) is 41.6 Å². The van der Waals surface area contributed by atoms with Gasteiger partial charge in [0.2, 0.25) is 0 Å². The number of carbonyl (C=O) groups excluding carboxylic acids is 2. The molecule has 1 unspecified atom stereocenters. The number of hydrogen-bond donors (Lipinski definition) is 1. The monoisotopic (exact) mass is 361 g/mol. The quantitative estimate of drug-likeness (QED) is 0.691. The molecule has 2 aliphatic rings. The van der Waals surface area contributed by atoms with Crippen LogP contribution in [-0.2, 0) is 23.4 Å². The normalized spacial score (nSPS) is 21.1. The van der Waals surface area contributed by atoms with Gasteiger partial charge in [-0.15, -0.1) is 5.10 Å². The predicted octanol–water partition coefficient (Wildman–Crippen LogP) is 1.14. The van der Waals surface area contributed by atoms with Gasteiger partial charge in [0.15, 0.2) is 0 Å². The topological polar surface area (TPSA) is 97.2 Å². The maximum absolute atomic E-state index is 13.2. The van der Waals surface area contributed by atoms with Gasteiger partial charge in [-0.05, 0) is 36.1 Å². The first kappa shape index (κ1) is 15.7. The summed E-state index contributed by atoms with van der Waals surface area (Å²) in [7, 11) is 0. The van der Waals surface area contributed by atoms with Crippen LogP contribution in [0.2, 0.25) is 0 Å². The Morgan fingerprint density at radius 2 is 1.81 bits per heavy atom. The molecule has 2 heterocycles.